The van der Waals surface area contributed by atoms with Crippen molar-refractivity contribution in [1.82, 2.24) is 4.98 Å². The van der Waals surface area contributed by atoms with Crippen molar-refractivity contribution in [1.29, 1.82) is 5.26 Å². The number of pyridine rings is 1. The second-order valence-corrected chi connectivity index (χ2v) is 6.48. The Hall–Kier alpha value is -3.37. The highest BCUT2D eigenvalue weighted by Crippen LogP contribution is 2.28. The molecule has 128 valence electrons. The first kappa shape index (κ1) is 17.5. The predicted octanol–water partition coefficient (Wildman–Crippen LogP) is 4.62. The number of nitrogens with zero attached hydrogens (tertiary/aromatic N) is 3. The number of nitriles is 1. The molecular formula is C19H14N4O2S. The molecule has 0 spiro atoms. The summed E-state index contributed by atoms with van der Waals surface area (Å²) in [6, 6.07) is 21.1. The fourth-order valence-electron chi connectivity index (χ4n) is 2.34. The number of aromatic nitrogens is 1. The first-order valence-corrected chi connectivity index (χ1v) is 8.58. The number of nitro groups is 1. The molecule has 2 aromatic carbocycles. The topological polar surface area (TPSA) is 91.8 Å². The van der Waals surface area contributed by atoms with Gasteiger partial charge in [-0.05, 0) is 35.9 Å². The maximum Gasteiger partial charge on any atom is 0.328 e. The van der Waals surface area contributed by atoms with E-state index in [1.807, 2.05) is 60.7 Å². The minimum absolute atomic E-state index is 0.0119. The van der Waals surface area contributed by atoms with Crippen LogP contribution in [0.4, 0.5) is 11.5 Å². The number of anilines is 1. The molecule has 3 rings (SSSR count). The molecule has 0 saturated carbocycles. The number of hydrogen-bond acceptors (Lipinski definition) is 6. The van der Waals surface area contributed by atoms with Gasteiger partial charge in [-0.15, -0.1) is 0 Å². The third-order valence-electron chi connectivity index (χ3n) is 3.59. The van der Waals surface area contributed by atoms with Crippen LogP contribution in [0.3, 0.4) is 0 Å². The number of hydrogen-bond donors (Lipinski definition) is 1. The van der Waals surface area contributed by atoms with E-state index in [2.05, 4.69) is 10.3 Å². The number of benzene rings is 2. The molecule has 0 saturated heterocycles. The van der Waals surface area contributed by atoms with Crippen molar-refractivity contribution in [3.63, 3.8) is 0 Å². The number of nitrogens with one attached hydrogen (secondary N) is 1. The van der Waals surface area contributed by atoms with Crippen LogP contribution in [0.2, 0.25) is 0 Å². The smallest absolute Gasteiger partial charge is 0.328 e. The Bertz CT molecular complexity index is 954. The maximum atomic E-state index is 11.2. The van der Waals surface area contributed by atoms with Crippen LogP contribution in [-0.2, 0) is 6.54 Å². The Balaban J connectivity index is 1.69. The van der Waals surface area contributed by atoms with Crippen LogP contribution in [0.15, 0.2) is 76.7 Å². The Morgan fingerprint density at radius 3 is 2.42 bits per heavy atom. The van der Waals surface area contributed by atoms with Crippen LogP contribution in [-0.4, -0.2) is 9.91 Å². The van der Waals surface area contributed by atoms with E-state index in [1.165, 1.54) is 12.3 Å². The minimum Gasteiger partial charge on any atom is -0.360 e. The van der Waals surface area contributed by atoms with Crippen molar-refractivity contribution in [2.75, 3.05) is 5.32 Å². The second kappa shape index (κ2) is 8.14. The lowest BCUT2D eigenvalue weighted by atomic mass is 10.2. The zero-order valence-corrected chi connectivity index (χ0v) is 14.4. The normalized spacial score (nSPS) is 10.1. The summed E-state index contributed by atoms with van der Waals surface area (Å²) in [7, 11) is 0. The van der Waals surface area contributed by atoms with Crippen molar-refractivity contribution in [3.8, 4) is 6.07 Å². The minimum atomic E-state index is -0.590. The van der Waals surface area contributed by atoms with Gasteiger partial charge in [0.05, 0.1) is 4.92 Å². The van der Waals surface area contributed by atoms with E-state index in [1.54, 1.807) is 11.8 Å². The van der Waals surface area contributed by atoms with Crippen LogP contribution in [0.1, 0.15) is 11.1 Å². The molecule has 0 unspecified atom stereocenters. The fourth-order valence-corrected chi connectivity index (χ4v) is 3.18. The summed E-state index contributed by atoms with van der Waals surface area (Å²) >= 11 is 1.66. The first-order valence-electron chi connectivity index (χ1n) is 7.76. The van der Waals surface area contributed by atoms with E-state index in [-0.39, 0.29) is 17.1 Å². The quantitative estimate of drug-likeness (QED) is 0.508. The third-order valence-corrected chi connectivity index (χ3v) is 4.61. The molecule has 1 heterocycles. The van der Waals surface area contributed by atoms with Gasteiger partial charge in [-0.1, -0.05) is 42.1 Å². The second-order valence-electron chi connectivity index (χ2n) is 5.34. The van der Waals surface area contributed by atoms with Crippen molar-refractivity contribution < 1.29 is 4.92 Å². The average molecular weight is 362 g/mol. The van der Waals surface area contributed by atoms with Crippen LogP contribution >= 0.6 is 11.8 Å². The third kappa shape index (κ3) is 4.18. The lowest BCUT2D eigenvalue weighted by Crippen LogP contribution is -2.06. The molecule has 6 nitrogen and oxygen atoms in total. The highest BCUT2D eigenvalue weighted by molar-refractivity contribution is 7.99. The summed E-state index contributed by atoms with van der Waals surface area (Å²) in [5.41, 5.74) is 0.647. The van der Waals surface area contributed by atoms with Gasteiger partial charge in [-0.25, -0.2) is 4.98 Å². The molecule has 0 fully saturated rings. The zero-order chi connectivity index (χ0) is 18.4. The van der Waals surface area contributed by atoms with Gasteiger partial charge < -0.3 is 5.32 Å². The van der Waals surface area contributed by atoms with Gasteiger partial charge in [0, 0.05) is 22.5 Å². The van der Waals surface area contributed by atoms with Gasteiger partial charge in [-0.3, -0.25) is 10.1 Å². The van der Waals surface area contributed by atoms with Crippen molar-refractivity contribution in [2.45, 2.75) is 16.3 Å². The van der Waals surface area contributed by atoms with Crippen molar-refractivity contribution in [2.24, 2.45) is 0 Å². The Labute approximate surface area is 154 Å². The van der Waals surface area contributed by atoms with Gasteiger partial charge in [0.1, 0.15) is 11.6 Å². The predicted molar refractivity (Wildman–Crippen MR) is 99.9 cm³/mol. The molecule has 26 heavy (non-hydrogen) atoms. The summed E-state index contributed by atoms with van der Waals surface area (Å²) in [5, 5.41) is 23.2. The van der Waals surface area contributed by atoms with E-state index in [9.17, 15) is 10.1 Å². The summed E-state index contributed by atoms with van der Waals surface area (Å²) in [5.74, 6) is 0.0942. The molecule has 0 atom stereocenters. The average Bonchev–Trinajstić information content (AvgIpc) is 2.67. The molecule has 0 aliphatic rings. The van der Waals surface area contributed by atoms with Gasteiger partial charge in [0.15, 0.2) is 0 Å². The van der Waals surface area contributed by atoms with Crippen LogP contribution in [0.5, 0.6) is 0 Å². The fraction of sp³-hybridized carbons (Fsp3) is 0.0526. The molecule has 0 aliphatic carbocycles. The Morgan fingerprint density at radius 1 is 1.08 bits per heavy atom. The van der Waals surface area contributed by atoms with E-state index < -0.39 is 4.92 Å². The van der Waals surface area contributed by atoms with E-state index in [0.29, 0.717) is 6.54 Å². The molecule has 3 aromatic rings. The van der Waals surface area contributed by atoms with E-state index >= 15 is 0 Å². The molecular weight excluding hydrogens is 348 g/mol. The Kier molecular flexibility index (Phi) is 5.46. The zero-order valence-electron chi connectivity index (χ0n) is 13.6. The van der Waals surface area contributed by atoms with Gasteiger partial charge in [-0.2, -0.15) is 5.26 Å². The summed E-state index contributed by atoms with van der Waals surface area (Å²) in [6.45, 7) is 0.374. The molecule has 0 bridgehead atoms. The molecule has 7 heteroatoms. The van der Waals surface area contributed by atoms with Gasteiger partial charge in [0.25, 0.3) is 0 Å². The van der Waals surface area contributed by atoms with Crippen LogP contribution < -0.4 is 5.32 Å². The largest absolute Gasteiger partial charge is 0.360 e. The Morgan fingerprint density at radius 2 is 1.77 bits per heavy atom. The lowest BCUT2D eigenvalue weighted by molar-refractivity contribution is -0.384. The molecule has 1 N–H and O–H groups in total. The summed E-state index contributed by atoms with van der Waals surface area (Å²) < 4.78 is 0. The molecule has 1 aromatic heterocycles. The molecule has 0 radical (unpaired) electrons. The van der Waals surface area contributed by atoms with E-state index in [4.69, 9.17) is 5.26 Å². The van der Waals surface area contributed by atoms with Crippen LogP contribution in [0.25, 0.3) is 0 Å². The number of rotatable bonds is 6. The van der Waals surface area contributed by atoms with Gasteiger partial charge in [0.2, 0.25) is 5.82 Å². The molecule has 0 aliphatic heterocycles. The highest BCUT2D eigenvalue weighted by atomic mass is 32.2. The monoisotopic (exact) mass is 362 g/mol. The summed E-state index contributed by atoms with van der Waals surface area (Å²) in [6.07, 6.45) is 1.38. The molecule has 0 amide bonds. The van der Waals surface area contributed by atoms with Gasteiger partial charge >= 0.3 is 5.69 Å². The maximum absolute atomic E-state index is 11.2. The van der Waals surface area contributed by atoms with Crippen molar-refractivity contribution >= 4 is 23.3 Å². The van der Waals surface area contributed by atoms with Crippen LogP contribution in [0, 0.1) is 21.4 Å². The van der Waals surface area contributed by atoms with Crippen molar-refractivity contribution in [3.05, 3.63) is 88.1 Å². The lowest BCUT2D eigenvalue weighted by Gasteiger charge is -2.08. The first-order chi connectivity index (χ1) is 12.7. The standard InChI is InChI=1S/C19H14N4O2S/c20-12-15-10-11-21-19(18(15)23(24)25)22-13-14-6-8-17(9-7-14)26-16-4-2-1-3-5-16/h1-11H,13H2,(H,21,22). The SMILES string of the molecule is N#Cc1ccnc(NCc2ccc(Sc3ccccc3)cc2)c1[N+](=O)[O-]. The van der Waals surface area contributed by atoms with E-state index in [0.717, 1.165) is 15.4 Å². The highest BCUT2D eigenvalue weighted by Gasteiger charge is 2.20. The summed E-state index contributed by atoms with van der Waals surface area (Å²) in [4.78, 5) is 16.9.